The molecule has 2 aliphatic heterocycles. The molecule has 2 fully saturated rings. The number of aliphatic carboxylic acids is 1. The van der Waals surface area contributed by atoms with Gasteiger partial charge in [0.25, 0.3) is 5.79 Å². The van der Waals surface area contributed by atoms with Crippen LogP contribution in [0.25, 0.3) is 0 Å². The molecule has 186 valence electrons. The average Bonchev–Trinajstić information content (AvgIpc) is 2.73. The number of carboxylic acid groups (broad SMARTS) is 1. The van der Waals surface area contributed by atoms with Gasteiger partial charge in [0.15, 0.2) is 6.29 Å². The van der Waals surface area contributed by atoms with Crippen LogP contribution in [0.5, 0.6) is 0 Å². The molecular weight excluding hydrogens is 481 g/mol. The third-order valence-corrected chi connectivity index (χ3v) is 5.28. The number of aliphatic hydroxyl groups is 8. The Morgan fingerprint density at radius 3 is 2.30 bits per heavy atom. The molecule has 2 aliphatic rings. The van der Waals surface area contributed by atoms with Crippen molar-refractivity contribution in [3.8, 4) is 0 Å². The largest absolute Gasteiger partial charge is 1.00 e. The molecule has 2 saturated heterocycles. The zero-order valence-corrected chi connectivity index (χ0v) is 21.0. The molecule has 0 aromatic carbocycles. The Morgan fingerprint density at radius 2 is 1.79 bits per heavy atom. The van der Waals surface area contributed by atoms with Crippen LogP contribution < -0.4 is 56.5 Å². The maximum Gasteiger partial charge on any atom is 1.00 e. The molecule has 0 saturated carbocycles. The average molecular weight is 510 g/mol. The molecule has 0 aromatic heterocycles. The molecule has 0 radical (unpaired) electrons. The van der Waals surface area contributed by atoms with Crippen LogP contribution >= 0.6 is 0 Å². The number of hydrogen-bond donors (Lipinski definition) is 9. The summed E-state index contributed by atoms with van der Waals surface area (Å²) in [6.45, 7) is -0.771. The second-order valence-electron chi connectivity index (χ2n) is 7.64. The van der Waals surface area contributed by atoms with Crippen LogP contribution in [0.15, 0.2) is 4.99 Å². The summed E-state index contributed by atoms with van der Waals surface area (Å²) in [5.41, 5.74) is 0. The van der Waals surface area contributed by atoms with Crippen LogP contribution in [0.4, 0.5) is 0 Å². The zero-order chi connectivity index (χ0) is 24.4. The maximum absolute atomic E-state index is 12.0. The monoisotopic (exact) mass is 509 g/mol. The van der Waals surface area contributed by atoms with E-state index in [1.807, 2.05) is 0 Å². The van der Waals surface area contributed by atoms with Gasteiger partial charge in [-0.25, -0.2) is 4.79 Å². The van der Waals surface area contributed by atoms with Gasteiger partial charge >= 0.3 is 57.4 Å². The van der Waals surface area contributed by atoms with Gasteiger partial charge in [-0.2, -0.15) is 0 Å². The van der Waals surface area contributed by atoms with Gasteiger partial charge in [0.1, 0.15) is 48.8 Å². The molecule has 11 atom stereocenters. The normalized spacial score (nSPS) is 41.7. The van der Waals surface area contributed by atoms with E-state index < -0.39 is 98.5 Å². The summed E-state index contributed by atoms with van der Waals surface area (Å²) in [5.74, 6) is -5.31. The van der Waals surface area contributed by atoms with Gasteiger partial charge in [-0.3, -0.25) is 4.99 Å². The summed E-state index contributed by atoms with van der Waals surface area (Å²) in [6, 6.07) is -1.52. The number of rotatable bonds is 8. The molecule has 2 heterocycles. The van der Waals surface area contributed by atoms with Gasteiger partial charge in [0.05, 0.1) is 19.3 Å². The van der Waals surface area contributed by atoms with E-state index in [9.17, 15) is 50.8 Å². The number of carboxylic acids is 1. The van der Waals surface area contributed by atoms with Crippen molar-refractivity contribution in [3.05, 3.63) is 0 Å². The third kappa shape index (κ3) is 7.10. The van der Waals surface area contributed by atoms with E-state index in [0.717, 1.165) is 6.92 Å². The van der Waals surface area contributed by atoms with Crippen molar-refractivity contribution in [2.75, 3.05) is 13.2 Å². The molecule has 0 aromatic rings. The minimum atomic E-state index is -2.71. The van der Waals surface area contributed by atoms with Gasteiger partial charge in [-0.15, -0.1) is 0 Å². The Morgan fingerprint density at radius 1 is 1.18 bits per heavy atom. The SMILES string of the molecule is CC([O-])=NC1C(O)CC(OCC2OC(O)C(O)C(O)C2O)(C(=O)O)OC1[C@H](O)[C@H](O)CO.[K+]. The van der Waals surface area contributed by atoms with Crippen LogP contribution in [-0.2, 0) is 19.0 Å². The number of aliphatic imine (C=N–C) groups is 1. The third-order valence-electron chi connectivity index (χ3n) is 5.28. The van der Waals surface area contributed by atoms with Crippen LogP contribution in [0.1, 0.15) is 13.3 Å². The summed E-state index contributed by atoms with van der Waals surface area (Å²) >= 11 is 0. The molecule has 16 heteroatoms. The van der Waals surface area contributed by atoms with E-state index >= 15 is 0 Å². The summed E-state index contributed by atoms with van der Waals surface area (Å²) in [6.07, 6.45) is -17.2. The number of ether oxygens (including phenoxy) is 3. The van der Waals surface area contributed by atoms with Gasteiger partial charge in [0, 0.05) is 6.42 Å². The van der Waals surface area contributed by atoms with E-state index in [1.165, 1.54) is 0 Å². The predicted molar refractivity (Wildman–Crippen MR) is 96.7 cm³/mol. The van der Waals surface area contributed by atoms with Crippen molar-refractivity contribution in [3.63, 3.8) is 0 Å². The summed E-state index contributed by atoms with van der Waals surface area (Å²) in [7, 11) is 0. The van der Waals surface area contributed by atoms with Crippen molar-refractivity contribution >= 4 is 11.9 Å². The van der Waals surface area contributed by atoms with E-state index in [1.54, 1.807) is 0 Å². The van der Waals surface area contributed by atoms with E-state index in [0.29, 0.717) is 0 Å². The second-order valence-corrected chi connectivity index (χ2v) is 7.64. The van der Waals surface area contributed by atoms with Crippen molar-refractivity contribution in [1.82, 2.24) is 0 Å². The summed E-state index contributed by atoms with van der Waals surface area (Å²) in [4.78, 5) is 15.6. The molecular formula is C17H28KNO14. The van der Waals surface area contributed by atoms with E-state index in [4.69, 9.17) is 19.3 Å². The van der Waals surface area contributed by atoms with Crippen LogP contribution in [-0.4, -0.2) is 138 Å². The Bertz CT molecular complexity index is 680. The molecule has 9 unspecified atom stereocenters. The first kappa shape index (κ1) is 31.2. The van der Waals surface area contributed by atoms with Gasteiger partial charge in [0.2, 0.25) is 0 Å². The molecule has 33 heavy (non-hydrogen) atoms. The van der Waals surface area contributed by atoms with Gasteiger partial charge in [-0.05, 0) is 12.8 Å². The molecule has 15 nitrogen and oxygen atoms in total. The zero-order valence-electron chi connectivity index (χ0n) is 17.9. The Kier molecular flexibility index (Phi) is 12.2. The minimum Gasteiger partial charge on any atom is -0.862 e. The second kappa shape index (κ2) is 12.9. The molecule has 0 spiro atoms. The molecule has 2 rings (SSSR count). The van der Waals surface area contributed by atoms with Crippen molar-refractivity contribution in [1.29, 1.82) is 0 Å². The van der Waals surface area contributed by atoms with Gasteiger partial charge < -0.3 is 65.3 Å². The Labute approximate surface area is 230 Å². The topological polar surface area (TPSA) is 262 Å². The van der Waals surface area contributed by atoms with E-state index in [2.05, 4.69) is 4.99 Å². The Hall–Kier alpha value is 0.136. The van der Waals surface area contributed by atoms with Crippen LogP contribution in [0, 0.1) is 0 Å². The maximum atomic E-state index is 12.0. The molecule has 0 bridgehead atoms. The first-order valence-electron chi connectivity index (χ1n) is 9.64. The van der Waals surface area contributed by atoms with Crippen LogP contribution in [0.3, 0.4) is 0 Å². The van der Waals surface area contributed by atoms with E-state index in [-0.39, 0.29) is 51.4 Å². The van der Waals surface area contributed by atoms with Crippen molar-refractivity contribution < 1.29 is 121 Å². The number of hydrogen-bond acceptors (Lipinski definition) is 14. The number of carbonyl (C=O) groups is 1. The predicted octanol–water partition coefficient (Wildman–Crippen LogP) is -9.40. The first-order chi connectivity index (χ1) is 14.8. The van der Waals surface area contributed by atoms with Crippen molar-refractivity contribution in [2.24, 2.45) is 4.99 Å². The summed E-state index contributed by atoms with van der Waals surface area (Å²) < 4.78 is 15.5. The smallest absolute Gasteiger partial charge is 0.862 e. The first-order valence-corrected chi connectivity index (χ1v) is 9.64. The molecule has 0 amide bonds. The Balaban J connectivity index is 0.00000544. The molecule has 0 aliphatic carbocycles. The fourth-order valence-electron chi connectivity index (χ4n) is 3.50. The van der Waals surface area contributed by atoms with Crippen molar-refractivity contribution in [2.45, 2.75) is 80.3 Å². The number of nitrogens with zero attached hydrogens (tertiary/aromatic N) is 1. The summed E-state index contributed by atoms with van der Waals surface area (Å²) in [5, 5.41) is 99.6. The minimum absolute atomic E-state index is 0. The quantitative estimate of drug-likeness (QED) is 0.0836. The standard InChI is InChI=1S/C17H29NO14.K/c1-5(20)18-9-6(21)2-17(16(28)29,32-14(9)10(23)7(22)3-19)30-4-8-11(24)12(25)13(26)15(27)31-8;/h6-15,19,21-27H,2-4H2,1H3,(H,18,20)(H,28,29);/q;+1/p-1/t6?,7-,8?,9?,10-,11?,12?,13?,14?,15?,17?;/m1./s1. The van der Waals surface area contributed by atoms with Crippen LogP contribution in [0.2, 0.25) is 0 Å². The molecule has 9 N–H and O–H groups in total. The fourth-order valence-corrected chi connectivity index (χ4v) is 3.50. The fraction of sp³-hybridized carbons (Fsp3) is 0.882. The number of aliphatic hydroxyl groups excluding tert-OH is 8. The van der Waals surface area contributed by atoms with Gasteiger partial charge in [-0.1, -0.05) is 0 Å².